The second-order valence-electron chi connectivity index (χ2n) is 4.75. The molecule has 2 N–H and O–H groups in total. The van der Waals surface area contributed by atoms with Gasteiger partial charge >= 0.3 is 0 Å². The lowest BCUT2D eigenvalue weighted by Crippen LogP contribution is -2.17. The molecule has 2 aromatic heterocycles. The number of hydrazone groups is 1. The van der Waals surface area contributed by atoms with Crippen LogP contribution in [0.15, 0.2) is 66.2 Å². The first-order valence-corrected chi connectivity index (χ1v) is 6.91. The predicted octanol–water partition coefficient (Wildman–Crippen LogP) is 2.98. The fourth-order valence-corrected chi connectivity index (χ4v) is 2.08. The number of hydrogen-bond acceptors (Lipinski definition) is 3. The Balaban J connectivity index is 1.73. The van der Waals surface area contributed by atoms with E-state index in [-0.39, 0.29) is 11.7 Å². The van der Waals surface area contributed by atoms with Gasteiger partial charge < -0.3 is 4.98 Å². The number of pyridine rings is 1. The van der Waals surface area contributed by atoms with E-state index in [9.17, 15) is 9.18 Å². The van der Waals surface area contributed by atoms with Gasteiger partial charge in [0.25, 0.3) is 5.91 Å². The summed E-state index contributed by atoms with van der Waals surface area (Å²) in [6, 6.07) is 11.2. The number of hydrogen-bond donors (Lipinski definition) is 2. The minimum Gasteiger partial charge on any atom is -0.361 e. The Morgan fingerprint density at radius 1 is 1.13 bits per heavy atom. The van der Waals surface area contributed by atoms with Gasteiger partial charge in [0.15, 0.2) is 0 Å². The van der Waals surface area contributed by atoms with Gasteiger partial charge in [0.1, 0.15) is 5.82 Å². The van der Waals surface area contributed by atoms with Crippen LogP contribution in [0.4, 0.5) is 4.39 Å². The van der Waals surface area contributed by atoms with Crippen molar-refractivity contribution in [2.75, 3.05) is 0 Å². The fraction of sp³-hybridized carbons (Fsp3) is 0. The summed E-state index contributed by atoms with van der Waals surface area (Å²) in [5, 5.41) is 3.95. The van der Waals surface area contributed by atoms with E-state index in [0.29, 0.717) is 5.56 Å². The quantitative estimate of drug-likeness (QED) is 0.574. The first-order valence-electron chi connectivity index (χ1n) is 6.91. The Morgan fingerprint density at radius 3 is 2.61 bits per heavy atom. The van der Waals surface area contributed by atoms with Gasteiger partial charge in [0.2, 0.25) is 0 Å². The second-order valence-corrected chi connectivity index (χ2v) is 4.75. The Labute approximate surface area is 131 Å². The average molecular weight is 308 g/mol. The van der Waals surface area contributed by atoms with Gasteiger partial charge in [0, 0.05) is 29.7 Å². The van der Waals surface area contributed by atoms with Crippen molar-refractivity contribution in [1.29, 1.82) is 0 Å². The van der Waals surface area contributed by atoms with Gasteiger partial charge in [-0.2, -0.15) is 5.10 Å². The summed E-state index contributed by atoms with van der Waals surface area (Å²) in [4.78, 5) is 18.8. The van der Waals surface area contributed by atoms with Crippen LogP contribution in [0.5, 0.6) is 0 Å². The number of aromatic nitrogens is 2. The van der Waals surface area contributed by atoms with Crippen LogP contribution in [0.1, 0.15) is 15.9 Å². The topological polar surface area (TPSA) is 70.1 Å². The summed E-state index contributed by atoms with van der Waals surface area (Å²) in [6.07, 6.45) is 6.37. The molecule has 0 unspecified atom stereocenters. The van der Waals surface area contributed by atoms with Gasteiger partial charge in [-0.1, -0.05) is 0 Å². The molecule has 114 valence electrons. The average Bonchev–Trinajstić information content (AvgIpc) is 3.05. The number of rotatable bonds is 4. The molecule has 3 rings (SSSR count). The molecule has 0 bridgehead atoms. The molecule has 0 saturated carbocycles. The second kappa shape index (κ2) is 6.65. The minimum absolute atomic E-state index is 0.292. The molecular formula is C17H13FN4O. The highest BCUT2D eigenvalue weighted by molar-refractivity contribution is 5.95. The van der Waals surface area contributed by atoms with Crippen LogP contribution in [0, 0.1) is 5.82 Å². The van der Waals surface area contributed by atoms with E-state index in [1.807, 2.05) is 6.07 Å². The van der Waals surface area contributed by atoms with E-state index < -0.39 is 0 Å². The van der Waals surface area contributed by atoms with E-state index in [1.54, 1.807) is 30.5 Å². The number of benzene rings is 1. The third-order valence-corrected chi connectivity index (χ3v) is 3.22. The van der Waals surface area contributed by atoms with Crippen molar-refractivity contribution in [3.05, 3.63) is 78.0 Å². The number of carbonyl (C=O) groups is 1. The maximum absolute atomic E-state index is 13.0. The van der Waals surface area contributed by atoms with Crippen LogP contribution in [0.2, 0.25) is 0 Å². The molecule has 1 aromatic carbocycles. The molecule has 0 aliphatic heterocycles. The standard InChI is InChI=1S/C17H13FN4O/c18-15-3-1-12(2-4-15)16-14(7-10-20-16)11-21-22-17(23)13-5-8-19-9-6-13/h1-11,20H,(H,22,23)/b21-11+. The first kappa shape index (κ1) is 14.6. The zero-order chi connectivity index (χ0) is 16.1. The van der Waals surface area contributed by atoms with Crippen LogP contribution in [-0.4, -0.2) is 22.1 Å². The number of nitrogens with one attached hydrogen (secondary N) is 2. The van der Waals surface area contributed by atoms with Gasteiger partial charge in [-0.05, 0) is 48.0 Å². The van der Waals surface area contributed by atoms with Crippen molar-refractivity contribution in [3.8, 4) is 11.3 Å². The largest absolute Gasteiger partial charge is 0.361 e. The predicted molar refractivity (Wildman–Crippen MR) is 85.5 cm³/mol. The molecule has 0 spiro atoms. The first-order chi connectivity index (χ1) is 11.2. The SMILES string of the molecule is O=C(N/N=C/c1cc[nH]c1-c1ccc(F)cc1)c1ccncc1. The summed E-state index contributed by atoms with van der Waals surface area (Å²) < 4.78 is 13.0. The fourth-order valence-electron chi connectivity index (χ4n) is 2.08. The molecule has 0 atom stereocenters. The van der Waals surface area contributed by atoms with E-state index in [2.05, 4.69) is 20.5 Å². The number of amides is 1. The van der Waals surface area contributed by atoms with Crippen LogP contribution in [0.3, 0.4) is 0 Å². The normalized spacial score (nSPS) is 10.8. The zero-order valence-electron chi connectivity index (χ0n) is 12.0. The van der Waals surface area contributed by atoms with Gasteiger partial charge in [-0.15, -0.1) is 0 Å². The summed E-state index contributed by atoms with van der Waals surface area (Å²) in [6.45, 7) is 0. The smallest absolute Gasteiger partial charge is 0.271 e. The van der Waals surface area contributed by atoms with E-state index in [1.165, 1.54) is 30.7 Å². The number of aromatic amines is 1. The third-order valence-electron chi connectivity index (χ3n) is 3.22. The van der Waals surface area contributed by atoms with Gasteiger partial charge in [-0.25, -0.2) is 9.82 Å². The Morgan fingerprint density at radius 2 is 1.87 bits per heavy atom. The molecular weight excluding hydrogens is 295 g/mol. The van der Waals surface area contributed by atoms with E-state index in [0.717, 1.165) is 16.8 Å². The van der Waals surface area contributed by atoms with Crippen molar-refractivity contribution in [2.45, 2.75) is 0 Å². The maximum atomic E-state index is 13.0. The van der Waals surface area contributed by atoms with Gasteiger partial charge in [0.05, 0.1) is 11.9 Å². The molecule has 0 saturated heterocycles. The minimum atomic E-state index is -0.317. The molecule has 1 amide bonds. The van der Waals surface area contributed by atoms with Crippen molar-refractivity contribution in [1.82, 2.24) is 15.4 Å². The highest BCUT2D eigenvalue weighted by Gasteiger charge is 2.06. The lowest BCUT2D eigenvalue weighted by molar-refractivity contribution is 0.0955. The number of carbonyl (C=O) groups excluding carboxylic acids is 1. The monoisotopic (exact) mass is 308 g/mol. The Kier molecular flexibility index (Phi) is 4.24. The molecule has 2 heterocycles. The molecule has 0 radical (unpaired) electrons. The number of H-pyrrole nitrogens is 1. The zero-order valence-corrected chi connectivity index (χ0v) is 12.0. The van der Waals surface area contributed by atoms with Crippen molar-refractivity contribution >= 4 is 12.1 Å². The van der Waals surface area contributed by atoms with Crippen LogP contribution < -0.4 is 5.43 Å². The Bertz CT molecular complexity index is 825. The molecule has 0 aliphatic rings. The van der Waals surface area contributed by atoms with Crippen LogP contribution in [0.25, 0.3) is 11.3 Å². The van der Waals surface area contributed by atoms with Crippen molar-refractivity contribution in [2.24, 2.45) is 5.10 Å². The molecule has 5 nitrogen and oxygen atoms in total. The third kappa shape index (κ3) is 3.49. The molecule has 0 aliphatic carbocycles. The van der Waals surface area contributed by atoms with E-state index in [4.69, 9.17) is 0 Å². The summed E-state index contributed by atoms with van der Waals surface area (Å²) in [5.41, 5.74) is 5.34. The van der Waals surface area contributed by atoms with Crippen LogP contribution in [-0.2, 0) is 0 Å². The summed E-state index contributed by atoms with van der Waals surface area (Å²) in [5.74, 6) is -0.609. The number of nitrogens with zero attached hydrogens (tertiary/aromatic N) is 2. The van der Waals surface area contributed by atoms with Crippen molar-refractivity contribution < 1.29 is 9.18 Å². The number of halogens is 1. The van der Waals surface area contributed by atoms with Crippen molar-refractivity contribution in [3.63, 3.8) is 0 Å². The summed E-state index contributed by atoms with van der Waals surface area (Å²) >= 11 is 0. The summed E-state index contributed by atoms with van der Waals surface area (Å²) in [7, 11) is 0. The highest BCUT2D eigenvalue weighted by atomic mass is 19.1. The lowest BCUT2D eigenvalue weighted by Gasteiger charge is -2.01. The highest BCUT2D eigenvalue weighted by Crippen LogP contribution is 2.21. The van der Waals surface area contributed by atoms with E-state index >= 15 is 0 Å². The molecule has 0 fully saturated rings. The maximum Gasteiger partial charge on any atom is 0.271 e. The van der Waals surface area contributed by atoms with Crippen LogP contribution >= 0.6 is 0 Å². The molecule has 6 heteroatoms. The molecule has 3 aromatic rings. The lowest BCUT2D eigenvalue weighted by atomic mass is 10.1. The Hall–Kier alpha value is -3.28. The molecule has 23 heavy (non-hydrogen) atoms. The van der Waals surface area contributed by atoms with Gasteiger partial charge in [-0.3, -0.25) is 9.78 Å².